The van der Waals surface area contributed by atoms with Crippen molar-refractivity contribution in [2.24, 2.45) is 5.41 Å². The smallest absolute Gasteiger partial charge is 0.251 e. The van der Waals surface area contributed by atoms with Crippen molar-refractivity contribution < 1.29 is 14.3 Å². The van der Waals surface area contributed by atoms with Gasteiger partial charge in [-0.2, -0.15) is 0 Å². The van der Waals surface area contributed by atoms with Crippen molar-refractivity contribution in [3.05, 3.63) is 42.0 Å². The second-order valence-electron chi connectivity index (χ2n) is 7.72. The fourth-order valence-corrected chi connectivity index (χ4v) is 4.21. The van der Waals surface area contributed by atoms with Crippen LogP contribution in [0.3, 0.4) is 0 Å². The number of methoxy groups -OCH3 is 1. The van der Waals surface area contributed by atoms with Crippen molar-refractivity contribution >= 4 is 17.9 Å². The lowest BCUT2D eigenvalue weighted by molar-refractivity contribution is -0.144. The Hall–Kier alpha value is -2.14. The minimum absolute atomic E-state index is 0.0310. The third-order valence-electron chi connectivity index (χ3n) is 5.91. The van der Waals surface area contributed by atoms with Gasteiger partial charge in [-0.05, 0) is 24.8 Å². The van der Waals surface area contributed by atoms with E-state index in [0.29, 0.717) is 19.4 Å². The van der Waals surface area contributed by atoms with Crippen LogP contribution >= 0.6 is 0 Å². The summed E-state index contributed by atoms with van der Waals surface area (Å²) in [4.78, 5) is 28.8. The molecule has 5 nitrogen and oxygen atoms in total. The fourth-order valence-electron chi connectivity index (χ4n) is 4.21. The van der Waals surface area contributed by atoms with Gasteiger partial charge in [0.05, 0.1) is 0 Å². The van der Waals surface area contributed by atoms with Crippen LogP contribution in [-0.4, -0.2) is 61.0 Å². The van der Waals surface area contributed by atoms with Gasteiger partial charge in [0.15, 0.2) is 0 Å². The lowest BCUT2D eigenvalue weighted by Crippen LogP contribution is -2.48. The van der Waals surface area contributed by atoms with Crippen molar-refractivity contribution in [3.8, 4) is 0 Å². The van der Waals surface area contributed by atoms with Gasteiger partial charge in [0.25, 0.3) is 5.91 Å². The van der Waals surface area contributed by atoms with E-state index < -0.39 is 0 Å². The van der Waals surface area contributed by atoms with Crippen LogP contribution < -0.4 is 0 Å². The highest BCUT2D eigenvalue weighted by molar-refractivity contribution is 5.82. The molecule has 0 saturated carbocycles. The molecule has 0 bridgehead atoms. The largest absolute Gasteiger partial charge is 0.372 e. The summed E-state index contributed by atoms with van der Waals surface area (Å²) in [5, 5.41) is 0. The molecule has 0 radical (unpaired) electrons. The van der Waals surface area contributed by atoms with E-state index in [1.54, 1.807) is 7.11 Å². The van der Waals surface area contributed by atoms with Crippen LogP contribution in [0.15, 0.2) is 36.4 Å². The average Bonchev–Trinajstić information content (AvgIpc) is 2.99. The SMILES string of the molecule is CC[C@@H](OC)C(=O)N1CCC2(CC1)CC(=O)N(C/C=C/c1ccccc1)C2. The van der Waals surface area contributed by atoms with Crippen molar-refractivity contribution in [1.82, 2.24) is 9.80 Å². The maximum absolute atomic E-state index is 12.5. The first-order valence-corrected chi connectivity index (χ1v) is 9.88. The van der Waals surface area contributed by atoms with Crippen LogP contribution in [0.4, 0.5) is 0 Å². The molecule has 2 heterocycles. The van der Waals surface area contributed by atoms with E-state index in [9.17, 15) is 9.59 Å². The maximum Gasteiger partial charge on any atom is 0.251 e. The second-order valence-corrected chi connectivity index (χ2v) is 7.72. The standard InChI is InChI=1S/C22H30N2O3/c1-3-19(27-2)21(26)23-14-11-22(12-15-23)16-20(25)24(17-22)13-7-10-18-8-5-4-6-9-18/h4-10,19H,3,11-17H2,1-2H3/b10-7+/t19-/m1/s1. The molecule has 2 aliphatic rings. The van der Waals surface area contributed by atoms with Crippen LogP contribution in [0.1, 0.15) is 38.2 Å². The van der Waals surface area contributed by atoms with Crippen LogP contribution in [0.25, 0.3) is 6.08 Å². The molecule has 1 atom stereocenters. The zero-order valence-electron chi connectivity index (χ0n) is 16.4. The highest BCUT2D eigenvalue weighted by Crippen LogP contribution is 2.41. The van der Waals surface area contributed by atoms with E-state index in [2.05, 4.69) is 24.3 Å². The zero-order valence-corrected chi connectivity index (χ0v) is 16.4. The summed E-state index contributed by atoms with van der Waals surface area (Å²) in [6.45, 7) is 4.86. The number of hydrogen-bond acceptors (Lipinski definition) is 3. The summed E-state index contributed by atoms with van der Waals surface area (Å²) in [6.07, 6.45) is 6.87. The van der Waals surface area contributed by atoms with Crippen molar-refractivity contribution in [3.63, 3.8) is 0 Å². The molecule has 1 aromatic rings. The first-order valence-electron chi connectivity index (χ1n) is 9.88. The van der Waals surface area contributed by atoms with E-state index >= 15 is 0 Å². The molecule has 27 heavy (non-hydrogen) atoms. The molecular formula is C22H30N2O3. The summed E-state index contributed by atoms with van der Waals surface area (Å²) in [5.41, 5.74) is 1.18. The molecule has 146 valence electrons. The molecule has 0 N–H and O–H groups in total. The molecule has 2 saturated heterocycles. The van der Waals surface area contributed by atoms with E-state index in [1.165, 1.54) is 0 Å². The number of likely N-dealkylation sites (tertiary alicyclic amines) is 2. The molecule has 1 aromatic carbocycles. The molecule has 0 unspecified atom stereocenters. The van der Waals surface area contributed by atoms with Gasteiger partial charge in [-0.1, -0.05) is 49.4 Å². The third kappa shape index (κ3) is 4.59. The van der Waals surface area contributed by atoms with Crippen LogP contribution in [0.5, 0.6) is 0 Å². The number of amides is 2. The van der Waals surface area contributed by atoms with Crippen LogP contribution in [0.2, 0.25) is 0 Å². The van der Waals surface area contributed by atoms with Crippen molar-refractivity contribution in [2.75, 3.05) is 33.3 Å². The average molecular weight is 370 g/mol. The van der Waals surface area contributed by atoms with Gasteiger partial charge in [-0.15, -0.1) is 0 Å². The number of hydrogen-bond donors (Lipinski definition) is 0. The molecule has 2 fully saturated rings. The van der Waals surface area contributed by atoms with Crippen molar-refractivity contribution in [1.29, 1.82) is 0 Å². The Balaban J connectivity index is 1.53. The monoisotopic (exact) mass is 370 g/mol. The summed E-state index contributed by atoms with van der Waals surface area (Å²) in [5.74, 6) is 0.317. The number of rotatable bonds is 6. The summed E-state index contributed by atoms with van der Waals surface area (Å²) in [7, 11) is 1.59. The molecule has 2 aliphatic heterocycles. The van der Waals surface area contributed by atoms with Crippen LogP contribution in [0, 0.1) is 5.41 Å². The highest BCUT2D eigenvalue weighted by Gasteiger charge is 2.45. The highest BCUT2D eigenvalue weighted by atomic mass is 16.5. The van der Waals surface area contributed by atoms with Gasteiger partial charge in [-0.3, -0.25) is 9.59 Å². The van der Waals surface area contributed by atoms with Gasteiger partial charge >= 0.3 is 0 Å². The Morgan fingerprint density at radius 3 is 2.59 bits per heavy atom. The van der Waals surface area contributed by atoms with E-state index in [-0.39, 0.29) is 23.3 Å². The molecule has 0 aromatic heterocycles. The molecule has 0 aliphatic carbocycles. The normalized spacial score (nSPS) is 20.6. The Morgan fingerprint density at radius 2 is 1.96 bits per heavy atom. The predicted octanol–water partition coefficient (Wildman–Crippen LogP) is 2.97. The van der Waals surface area contributed by atoms with Gasteiger partial charge in [0, 0.05) is 45.1 Å². The zero-order chi connectivity index (χ0) is 19.3. The number of nitrogens with zero attached hydrogens (tertiary/aromatic N) is 2. The minimum atomic E-state index is -0.344. The number of piperidine rings is 1. The van der Waals surface area contributed by atoms with Gasteiger partial charge in [0.2, 0.25) is 5.91 Å². The Kier molecular flexibility index (Phi) is 6.32. The molecule has 5 heteroatoms. The van der Waals surface area contributed by atoms with E-state index in [4.69, 9.17) is 4.74 Å². The molecule has 1 spiro atoms. The predicted molar refractivity (Wildman–Crippen MR) is 106 cm³/mol. The lowest BCUT2D eigenvalue weighted by Gasteiger charge is -2.39. The minimum Gasteiger partial charge on any atom is -0.372 e. The third-order valence-corrected chi connectivity index (χ3v) is 5.91. The van der Waals surface area contributed by atoms with Gasteiger partial charge in [-0.25, -0.2) is 0 Å². The Bertz CT molecular complexity index is 674. The lowest BCUT2D eigenvalue weighted by atomic mass is 9.77. The van der Waals surface area contributed by atoms with E-state index in [0.717, 1.165) is 38.0 Å². The van der Waals surface area contributed by atoms with E-state index in [1.807, 2.05) is 34.9 Å². The van der Waals surface area contributed by atoms with Gasteiger partial charge in [0.1, 0.15) is 6.10 Å². The summed E-state index contributed by atoms with van der Waals surface area (Å²) < 4.78 is 5.29. The summed E-state index contributed by atoms with van der Waals surface area (Å²) >= 11 is 0. The second kappa shape index (κ2) is 8.70. The fraction of sp³-hybridized carbons (Fsp3) is 0.545. The number of carbonyl (C=O) groups is 2. The maximum atomic E-state index is 12.5. The van der Waals surface area contributed by atoms with Gasteiger partial charge < -0.3 is 14.5 Å². The first-order chi connectivity index (χ1) is 13.1. The number of carbonyl (C=O) groups excluding carboxylic acids is 2. The number of ether oxygens (including phenoxy) is 1. The quantitative estimate of drug-likeness (QED) is 0.774. The number of benzene rings is 1. The Morgan fingerprint density at radius 1 is 1.26 bits per heavy atom. The Labute approximate surface area is 162 Å². The first kappa shape index (κ1) is 19.6. The molecular weight excluding hydrogens is 340 g/mol. The molecule has 3 rings (SSSR count). The summed E-state index contributed by atoms with van der Waals surface area (Å²) in [6, 6.07) is 10.1. The topological polar surface area (TPSA) is 49.9 Å². The van der Waals surface area contributed by atoms with Crippen LogP contribution in [-0.2, 0) is 14.3 Å². The van der Waals surface area contributed by atoms with Crippen molar-refractivity contribution in [2.45, 2.75) is 38.7 Å². The molecule has 2 amide bonds.